The quantitative estimate of drug-likeness (QED) is 0.823. The van der Waals surface area contributed by atoms with Crippen molar-refractivity contribution in [3.63, 3.8) is 0 Å². The number of rotatable bonds is 3. The van der Waals surface area contributed by atoms with Crippen molar-refractivity contribution in [1.29, 1.82) is 0 Å². The van der Waals surface area contributed by atoms with Gasteiger partial charge < -0.3 is 10.0 Å². The summed E-state index contributed by atoms with van der Waals surface area (Å²) in [6, 6.07) is 0. The molecular formula is C14H25NO2. The van der Waals surface area contributed by atoms with Crippen LogP contribution in [0.2, 0.25) is 0 Å². The molecule has 0 bridgehead atoms. The van der Waals surface area contributed by atoms with Gasteiger partial charge >= 0.3 is 5.97 Å². The zero-order valence-corrected chi connectivity index (χ0v) is 11.1. The van der Waals surface area contributed by atoms with Crippen LogP contribution in [0.15, 0.2) is 0 Å². The fourth-order valence-corrected chi connectivity index (χ4v) is 3.48. The first kappa shape index (κ1) is 12.9. The van der Waals surface area contributed by atoms with Crippen LogP contribution in [0, 0.1) is 17.3 Å². The van der Waals surface area contributed by atoms with E-state index in [4.69, 9.17) is 0 Å². The van der Waals surface area contributed by atoms with E-state index in [9.17, 15) is 9.90 Å². The minimum absolute atomic E-state index is 0.500. The Labute approximate surface area is 104 Å². The third-order valence-electron chi connectivity index (χ3n) is 4.63. The van der Waals surface area contributed by atoms with Crippen LogP contribution in [0.1, 0.15) is 46.0 Å². The number of carbonyl (C=O) groups is 1. The number of aliphatic carboxylic acids is 1. The number of hydrogen-bond acceptors (Lipinski definition) is 2. The van der Waals surface area contributed by atoms with Crippen molar-refractivity contribution in [2.45, 2.75) is 46.0 Å². The van der Waals surface area contributed by atoms with Gasteiger partial charge in [0.1, 0.15) is 0 Å². The van der Waals surface area contributed by atoms with Gasteiger partial charge in [-0.05, 0) is 44.6 Å². The first-order valence-corrected chi connectivity index (χ1v) is 6.95. The Morgan fingerprint density at radius 3 is 2.82 bits per heavy atom. The van der Waals surface area contributed by atoms with Gasteiger partial charge in [0.2, 0.25) is 0 Å². The molecule has 1 saturated heterocycles. The van der Waals surface area contributed by atoms with Crippen molar-refractivity contribution in [3.05, 3.63) is 0 Å². The predicted octanol–water partition coefficient (Wildman–Crippen LogP) is 2.61. The van der Waals surface area contributed by atoms with E-state index in [0.29, 0.717) is 0 Å². The Hall–Kier alpha value is -0.570. The normalized spacial score (nSPS) is 39.4. The van der Waals surface area contributed by atoms with Gasteiger partial charge in [-0.2, -0.15) is 0 Å². The molecule has 3 unspecified atom stereocenters. The molecule has 0 radical (unpaired) electrons. The maximum Gasteiger partial charge on any atom is 0.310 e. The van der Waals surface area contributed by atoms with Crippen molar-refractivity contribution in [1.82, 2.24) is 4.90 Å². The summed E-state index contributed by atoms with van der Waals surface area (Å²) in [7, 11) is 0. The highest BCUT2D eigenvalue weighted by Crippen LogP contribution is 2.34. The van der Waals surface area contributed by atoms with Crippen LogP contribution in [0.5, 0.6) is 0 Å². The lowest BCUT2D eigenvalue weighted by Gasteiger charge is -2.30. The van der Waals surface area contributed by atoms with E-state index in [2.05, 4.69) is 11.8 Å². The Bertz CT molecular complexity index is 292. The zero-order valence-electron chi connectivity index (χ0n) is 11.1. The highest BCUT2D eigenvalue weighted by Gasteiger charge is 2.40. The molecule has 1 saturated carbocycles. The van der Waals surface area contributed by atoms with Crippen LogP contribution < -0.4 is 0 Å². The second-order valence-corrected chi connectivity index (χ2v) is 6.49. The molecule has 1 heterocycles. The third kappa shape index (κ3) is 3.01. The van der Waals surface area contributed by atoms with E-state index < -0.39 is 11.4 Å². The first-order chi connectivity index (χ1) is 7.99. The summed E-state index contributed by atoms with van der Waals surface area (Å²) < 4.78 is 0. The summed E-state index contributed by atoms with van der Waals surface area (Å²) in [5.74, 6) is 1.04. The van der Waals surface area contributed by atoms with Crippen molar-refractivity contribution in [2.75, 3.05) is 19.6 Å². The van der Waals surface area contributed by atoms with Crippen molar-refractivity contribution in [3.8, 4) is 0 Å². The lowest BCUT2D eigenvalue weighted by molar-refractivity contribution is -0.147. The van der Waals surface area contributed by atoms with Gasteiger partial charge in [-0.3, -0.25) is 4.79 Å². The average molecular weight is 239 g/mol. The summed E-state index contributed by atoms with van der Waals surface area (Å²) >= 11 is 0. The van der Waals surface area contributed by atoms with Gasteiger partial charge in [0.25, 0.3) is 0 Å². The first-order valence-electron chi connectivity index (χ1n) is 6.95. The number of hydrogen-bond donors (Lipinski definition) is 1. The molecule has 0 aromatic rings. The van der Waals surface area contributed by atoms with Crippen LogP contribution in [0.3, 0.4) is 0 Å². The monoisotopic (exact) mass is 239 g/mol. The van der Waals surface area contributed by atoms with Crippen molar-refractivity contribution < 1.29 is 9.90 Å². The molecule has 98 valence electrons. The fraction of sp³-hybridized carbons (Fsp3) is 0.929. The molecule has 0 amide bonds. The van der Waals surface area contributed by atoms with Crippen LogP contribution in [0.25, 0.3) is 0 Å². The van der Waals surface area contributed by atoms with E-state index >= 15 is 0 Å². The Balaban J connectivity index is 1.83. The van der Waals surface area contributed by atoms with E-state index in [1.807, 2.05) is 6.92 Å². The maximum absolute atomic E-state index is 11.2. The zero-order chi connectivity index (χ0) is 12.5. The molecule has 3 nitrogen and oxygen atoms in total. The highest BCUT2D eigenvalue weighted by molar-refractivity contribution is 5.74. The van der Waals surface area contributed by atoms with Gasteiger partial charge in [0, 0.05) is 13.1 Å². The smallest absolute Gasteiger partial charge is 0.310 e. The molecule has 2 rings (SSSR count). The van der Waals surface area contributed by atoms with E-state index in [0.717, 1.165) is 37.9 Å². The summed E-state index contributed by atoms with van der Waals surface area (Å²) in [6.07, 6.45) is 6.22. The van der Waals surface area contributed by atoms with Gasteiger partial charge in [-0.25, -0.2) is 0 Å². The SMILES string of the molecule is CC1CCCC(CN2CCC(C)(C(=O)O)C2)C1. The average Bonchev–Trinajstić information content (AvgIpc) is 2.61. The Morgan fingerprint density at radius 1 is 1.47 bits per heavy atom. The lowest BCUT2D eigenvalue weighted by Crippen LogP contribution is -2.34. The second kappa shape index (κ2) is 4.97. The third-order valence-corrected chi connectivity index (χ3v) is 4.63. The number of carboxylic acids is 1. The second-order valence-electron chi connectivity index (χ2n) is 6.49. The van der Waals surface area contributed by atoms with Gasteiger partial charge in [0.05, 0.1) is 5.41 Å². The summed E-state index contributed by atoms with van der Waals surface area (Å²) in [5, 5.41) is 9.21. The topological polar surface area (TPSA) is 40.5 Å². The number of carboxylic acid groups (broad SMARTS) is 1. The van der Waals surface area contributed by atoms with Crippen LogP contribution in [0.4, 0.5) is 0 Å². The standard InChI is InChI=1S/C14H25NO2/c1-11-4-3-5-12(8-11)9-15-7-6-14(2,10-15)13(16)17/h11-12H,3-10H2,1-2H3,(H,16,17). The van der Waals surface area contributed by atoms with Crippen LogP contribution in [-0.4, -0.2) is 35.6 Å². The van der Waals surface area contributed by atoms with E-state index in [-0.39, 0.29) is 0 Å². The predicted molar refractivity (Wildman–Crippen MR) is 67.9 cm³/mol. The molecular weight excluding hydrogens is 214 g/mol. The molecule has 3 heteroatoms. The molecule has 0 aromatic carbocycles. The van der Waals surface area contributed by atoms with Gasteiger partial charge in [-0.15, -0.1) is 0 Å². The molecule has 1 aliphatic carbocycles. The highest BCUT2D eigenvalue weighted by atomic mass is 16.4. The fourth-order valence-electron chi connectivity index (χ4n) is 3.48. The summed E-state index contributed by atoms with van der Waals surface area (Å²) in [5.41, 5.74) is -0.500. The summed E-state index contributed by atoms with van der Waals surface area (Å²) in [4.78, 5) is 13.6. The molecule has 1 N–H and O–H groups in total. The maximum atomic E-state index is 11.2. The van der Waals surface area contributed by atoms with Gasteiger partial charge in [0.15, 0.2) is 0 Å². The molecule has 0 aromatic heterocycles. The number of nitrogens with zero attached hydrogens (tertiary/aromatic N) is 1. The Kier molecular flexibility index (Phi) is 3.76. The van der Waals surface area contributed by atoms with Crippen LogP contribution >= 0.6 is 0 Å². The Morgan fingerprint density at radius 2 is 2.24 bits per heavy atom. The van der Waals surface area contributed by atoms with Crippen molar-refractivity contribution in [2.24, 2.45) is 17.3 Å². The van der Waals surface area contributed by atoms with Crippen molar-refractivity contribution >= 4 is 5.97 Å². The van der Waals surface area contributed by atoms with E-state index in [1.165, 1.54) is 25.7 Å². The molecule has 0 spiro atoms. The largest absolute Gasteiger partial charge is 0.481 e. The molecule has 1 aliphatic heterocycles. The number of likely N-dealkylation sites (tertiary alicyclic amines) is 1. The molecule has 2 aliphatic rings. The molecule has 2 fully saturated rings. The lowest BCUT2D eigenvalue weighted by atomic mass is 9.82. The van der Waals surface area contributed by atoms with E-state index in [1.54, 1.807) is 0 Å². The van der Waals surface area contributed by atoms with Crippen LogP contribution in [-0.2, 0) is 4.79 Å². The summed E-state index contributed by atoms with van der Waals surface area (Å²) in [6.45, 7) is 7.06. The minimum Gasteiger partial charge on any atom is -0.481 e. The molecule has 17 heavy (non-hydrogen) atoms. The minimum atomic E-state index is -0.628. The molecule has 3 atom stereocenters. The van der Waals surface area contributed by atoms with Gasteiger partial charge in [-0.1, -0.05) is 19.8 Å².